The van der Waals surface area contributed by atoms with Crippen LogP contribution in [0.5, 0.6) is 0 Å². The molecule has 2 aromatic rings. The van der Waals surface area contributed by atoms with E-state index in [0.717, 1.165) is 45.4 Å². The molecule has 25 heavy (non-hydrogen) atoms. The van der Waals surface area contributed by atoms with Crippen LogP contribution in [0.15, 0.2) is 49.1 Å². The van der Waals surface area contributed by atoms with Crippen molar-refractivity contribution < 1.29 is 4.79 Å². The summed E-state index contributed by atoms with van der Waals surface area (Å²) in [4.78, 5) is 19.4. The topological polar surface area (TPSA) is 45.8 Å². The van der Waals surface area contributed by atoms with Crippen LogP contribution in [0.3, 0.4) is 0 Å². The van der Waals surface area contributed by atoms with Gasteiger partial charge >= 0.3 is 0 Å². The van der Waals surface area contributed by atoms with Crippen LogP contribution in [-0.4, -0.2) is 24.1 Å². The van der Waals surface area contributed by atoms with Crippen molar-refractivity contribution in [1.29, 1.82) is 0 Å². The molecule has 0 bridgehead atoms. The highest BCUT2D eigenvalue weighted by atomic mass is 16.1. The van der Waals surface area contributed by atoms with E-state index in [1.165, 1.54) is 0 Å². The van der Waals surface area contributed by atoms with Crippen LogP contribution >= 0.6 is 0 Å². The third kappa shape index (κ3) is 3.48. The van der Waals surface area contributed by atoms with Crippen LogP contribution in [0.1, 0.15) is 29.5 Å². The minimum Gasteiger partial charge on any atom is -0.353 e. The number of aromatic nitrogens is 2. The Balaban J connectivity index is 2.36. The second kappa shape index (κ2) is 7.35. The molecule has 1 aliphatic carbocycles. The number of pyridine rings is 1. The van der Waals surface area contributed by atoms with E-state index >= 15 is 0 Å². The largest absolute Gasteiger partial charge is 0.353 e. The van der Waals surface area contributed by atoms with Crippen molar-refractivity contribution in [3.63, 3.8) is 0 Å². The van der Waals surface area contributed by atoms with E-state index in [1.54, 1.807) is 6.08 Å². The first-order valence-electron chi connectivity index (χ1n) is 8.26. The molecule has 0 saturated heterocycles. The van der Waals surface area contributed by atoms with Crippen LogP contribution in [0.25, 0.3) is 28.6 Å². The molecule has 1 N–H and O–H groups in total. The van der Waals surface area contributed by atoms with Gasteiger partial charge in [0, 0.05) is 21.5 Å². The monoisotopic (exact) mass is 326 g/mol. The molecule has 2 heterocycles. The molecule has 1 unspecified atom stereocenters. The van der Waals surface area contributed by atoms with Gasteiger partial charge in [-0.25, -0.2) is 4.98 Å². The van der Waals surface area contributed by atoms with E-state index in [0.29, 0.717) is 5.69 Å². The number of allylic oxidation sites excluding steroid dienone is 7. The summed E-state index contributed by atoms with van der Waals surface area (Å²) in [6, 6.07) is 1.82. The molecule has 3 rings (SSSR count). The third-order valence-corrected chi connectivity index (χ3v) is 4.01. The maximum absolute atomic E-state index is 11.4. The Labute approximate surface area is 148 Å². The molecule has 0 amide bonds. The number of carbonyl (C=O) groups is 1. The van der Waals surface area contributed by atoms with Crippen molar-refractivity contribution in [1.82, 2.24) is 9.97 Å². The summed E-state index contributed by atoms with van der Waals surface area (Å²) in [5, 5.41) is 3.10. The van der Waals surface area contributed by atoms with Crippen molar-refractivity contribution in [2.24, 2.45) is 0 Å². The number of hydrogen-bond donors (Lipinski definition) is 1. The molecule has 2 radical (unpaired) electrons. The predicted octanol–water partition coefficient (Wildman–Crippen LogP) is 3.00. The van der Waals surface area contributed by atoms with Gasteiger partial charge in [0.25, 0.3) is 0 Å². The maximum Gasteiger partial charge on any atom is 0.168 e. The Hall–Kier alpha value is -2.88. The molecule has 1 aliphatic rings. The van der Waals surface area contributed by atoms with Crippen LogP contribution in [0, 0.1) is 0 Å². The SMILES string of the molecule is [B]C(C)/C=C\C(=C/C=C)c1nc(C=O)cc2c3c([nH]c12)=CCC=CC=3. The average Bonchev–Trinajstić information content (AvgIpc) is 2.78. The Morgan fingerprint density at radius 3 is 3.04 bits per heavy atom. The molecule has 122 valence electrons. The van der Waals surface area contributed by atoms with Crippen molar-refractivity contribution >= 4 is 42.8 Å². The number of aldehydes is 1. The fourth-order valence-corrected chi connectivity index (χ4v) is 2.89. The highest BCUT2D eigenvalue weighted by Crippen LogP contribution is 2.22. The zero-order valence-electron chi connectivity index (χ0n) is 14.2. The highest BCUT2D eigenvalue weighted by molar-refractivity contribution is 6.12. The smallest absolute Gasteiger partial charge is 0.168 e. The zero-order chi connectivity index (χ0) is 17.8. The Morgan fingerprint density at radius 2 is 2.32 bits per heavy atom. The van der Waals surface area contributed by atoms with Gasteiger partial charge < -0.3 is 4.98 Å². The minimum absolute atomic E-state index is 0.0786. The van der Waals surface area contributed by atoms with Crippen LogP contribution in [-0.2, 0) is 0 Å². The van der Waals surface area contributed by atoms with Gasteiger partial charge in [0.1, 0.15) is 5.69 Å². The summed E-state index contributed by atoms with van der Waals surface area (Å²) < 4.78 is 0. The molecule has 2 aromatic heterocycles. The number of fused-ring (bicyclic) bond motifs is 3. The van der Waals surface area contributed by atoms with Gasteiger partial charge in [-0.3, -0.25) is 4.79 Å². The lowest BCUT2D eigenvalue weighted by molar-refractivity contribution is 0.111. The lowest BCUT2D eigenvalue weighted by atomic mass is 9.88. The number of carbonyl (C=O) groups excluding carboxylic acids is 1. The number of H-pyrrole nitrogens is 1. The summed E-state index contributed by atoms with van der Waals surface area (Å²) in [7, 11) is 5.84. The van der Waals surface area contributed by atoms with Gasteiger partial charge in [0.15, 0.2) is 6.29 Å². The standard InChI is InChI=1S/C21H19BN2O/c1-3-7-15(11-10-14(2)22)20-21-18(12-16(13-25)23-20)17-8-5-4-6-9-19(17)24-21/h3-5,7-14,24H,1,6H2,2H3/b11-10-,15-7+. The fourth-order valence-electron chi connectivity index (χ4n) is 2.89. The highest BCUT2D eigenvalue weighted by Gasteiger charge is 2.12. The summed E-state index contributed by atoms with van der Waals surface area (Å²) in [6.07, 6.45) is 17.3. The van der Waals surface area contributed by atoms with Gasteiger partial charge in [0.2, 0.25) is 0 Å². The normalized spacial score (nSPS) is 15.3. The molecule has 0 spiro atoms. The molecular weight excluding hydrogens is 307 g/mol. The van der Waals surface area contributed by atoms with Crippen molar-refractivity contribution in [3.8, 4) is 0 Å². The summed E-state index contributed by atoms with van der Waals surface area (Å²) in [5.41, 5.74) is 2.87. The van der Waals surface area contributed by atoms with E-state index in [-0.39, 0.29) is 5.82 Å². The fraction of sp³-hybridized carbons (Fsp3) is 0.143. The van der Waals surface area contributed by atoms with E-state index in [2.05, 4.69) is 34.8 Å². The maximum atomic E-state index is 11.4. The number of rotatable bonds is 5. The Kier molecular flexibility index (Phi) is 4.99. The predicted molar refractivity (Wildman–Crippen MR) is 106 cm³/mol. The van der Waals surface area contributed by atoms with Crippen molar-refractivity contribution in [2.45, 2.75) is 19.2 Å². The van der Waals surface area contributed by atoms with E-state index in [4.69, 9.17) is 7.85 Å². The second-order valence-corrected chi connectivity index (χ2v) is 6.00. The quantitative estimate of drug-likeness (QED) is 0.522. The second-order valence-electron chi connectivity index (χ2n) is 6.00. The summed E-state index contributed by atoms with van der Waals surface area (Å²) >= 11 is 0. The number of nitrogens with zero attached hydrogens (tertiary/aromatic N) is 1. The zero-order valence-corrected chi connectivity index (χ0v) is 14.2. The van der Waals surface area contributed by atoms with E-state index in [1.807, 2.05) is 37.3 Å². The molecule has 0 saturated carbocycles. The van der Waals surface area contributed by atoms with Gasteiger partial charge in [0.05, 0.1) is 19.1 Å². The molecule has 0 aliphatic heterocycles. The van der Waals surface area contributed by atoms with Crippen molar-refractivity contribution in [3.05, 3.63) is 71.1 Å². The molecular formula is C21H19BN2O. The van der Waals surface area contributed by atoms with Crippen molar-refractivity contribution in [2.75, 3.05) is 0 Å². The van der Waals surface area contributed by atoms with Crippen LogP contribution in [0.4, 0.5) is 0 Å². The first-order valence-corrected chi connectivity index (χ1v) is 8.26. The molecule has 4 heteroatoms. The first-order chi connectivity index (χ1) is 12.1. The number of hydrogen-bond acceptors (Lipinski definition) is 2. The summed E-state index contributed by atoms with van der Waals surface area (Å²) in [6.45, 7) is 5.69. The van der Waals surface area contributed by atoms with Gasteiger partial charge in [-0.15, -0.1) is 0 Å². The molecule has 3 nitrogen and oxygen atoms in total. The first kappa shape index (κ1) is 17.0. The molecule has 1 atom stereocenters. The molecule has 0 fully saturated rings. The van der Waals surface area contributed by atoms with Crippen LogP contribution < -0.4 is 10.6 Å². The lowest BCUT2D eigenvalue weighted by Gasteiger charge is -2.06. The van der Waals surface area contributed by atoms with Crippen LogP contribution in [0.2, 0.25) is 5.82 Å². The summed E-state index contributed by atoms with van der Waals surface area (Å²) in [5.74, 6) is -0.0786. The Morgan fingerprint density at radius 1 is 1.48 bits per heavy atom. The minimum atomic E-state index is -0.0786. The van der Waals surface area contributed by atoms with E-state index < -0.39 is 0 Å². The third-order valence-electron chi connectivity index (χ3n) is 4.01. The van der Waals surface area contributed by atoms with Gasteiger partial charge in [-0.05, 0) is 12.5 Å². The van der Waals surface area contributed by atoms with Gasteiger partial charge in [-0.2, -0.15) is 0 Å². The average molecular weight is 326 g/mol. The number of nitrogens with one attached hydrogen (secondary N) is 1. The molecule has 0 aromatic carbocycles. The van der Waals surface area contributed by atoms with E-state index in [9.17, 15) is 4.79 Å². The van der Waals surface area contributed by atoms with Gasteiger partial charge in [-0.1, -0.05) is 67.9 Å². The number of aromatic amines is 1. The lowest BCUT2D eigenvalue weighted by Crippen LogP contribution is -2.21. The Bertz CT molecular complexity index is 1040.